The lowest BCUT2D eigenvalue weighted by atomic mass is 9.90. The number of amides is 1. The fourth-order valence-electron chi connectivity index (χ4n) is 5.24. The smallest absolute Gasteiger partial charge is 0.221 e. The summed E-state index contributed by atoms with van der Waals surface area (Å²) in [5.41, 5.74) is 5.20. The minimum atomic E-state index is 0.00788. The van der Waals surface area contributed by atoms with Crippen LogP contribution in [0.25, 0.3) is 0 Å². The number of anilines is 2. The molecule has 1 unspecified atom stereocenters. The predicted octanol–water partition coefficient (Wildman–Crippen LogP) is 3.47. The van der Waals surface area contributed by atoms with Crippen LogP contribution in [0.1, 0.15) is 47.5 Å². The third-order valence-corrected chi connectivity index (χ3v) is 7.93. The van der Waals surface area contributed by atoms with Crippen molar-refractivity contribution in [1.82, 2.24) is 4.98 Å². The zero-order chi connectivity index (χ0) is 21.9. The second kappa shape index (κ2) is 9.43. The van der Waals surface area contributed by atoms with Crippen LogP contribution < -0.4 is 15.1 Å². The number of fused-ring (bicyclic) bond motifs is 1. The highest BCUT2D eigenvalue weighted by atomic mass is 32.1. The molecule has 2 aromatic heterocycles. The summed E-state index contributed by atoms with van der Waals surface area (Å²) in [6.07, 6.45) is 6.59. The monoisotopic (exact) mass is 447 g/mol. The number of carbonyl (C=O) groups excluding carboxylic acids is 1. The summed E-state index contributed by atoms with van der Waals surface area (Å²) < 4.78 is 0. The summed E-state index contributed by atoms with van der Waals surface area (Å²) in [4.78, 5) is 22.4. The Balaban J connectivity index is 1.51. The molecule has 1 aromatic carbocycles. The number of piperazine rings is 1. The van der Waals surface area contributed by atoms with Gasteiger partial charge in [0, 0.05) is 23.7 Å². The molecule has 32 heavy (non-hydrogen) atoms. The molecule has 1 aliphatic heterocycles. The molecule has 1 amide bonds. The quantitative estimate of drug-likeness (QED) is 0.630. The Labute approximate surface area is 194 Å². The van der Waals surface area contributed by atoms with Crippen molar-refractivity contribution in [3.63, 3.8) is 0 Å². The van der Waals surface area contributed by atoms with Crippen molar-refractivity contribution in [2.24, 2.45) is 0 Å². The number of nitrogens with zero attached hydrogens (tertiary/aromatic N) is 2. The topological polar surface area (TPSA) is 49.7 Å². The Morgan fingerprint density at radius 1 is 1.06 bits per heavy atom. The average molecular weight is 448 g/mol. The van der Waals surface area contributed by atoms with E-state index in [9.17, 15) is 4.79 Å². The molecule has 1 fully saturated rings. The minimum Gasteiger partial charge on any atom is -0.360 e. The van der Waals surface area contributed by atoms with E-state index in [-0.39, 0.29) is 11.9 Å². The Kier molecular flexibility index (Phi) is 6.23. The van der Waals surface area contributed by atoms with Crippen LogP contribution in [0, 0.1) is 0 Å². The number of aromatic nitrogens is 1. The fraction of sp³-hybridized carbons (Fsp3) is 0.385. The van der Waals surface area contributed by atoms with Gasteiger partial charge in [-0.25, -0.2) is 0 Å². The molecular weight excluding hydrogens is 416 g/mol. The zero-order valence-electron chi connectivity index (χ0n) is 18.6. The van der Waals surface area contributed by atoms with E-state index in [0.717, 1.165) is 49.7 Å². The van der Waals surface area contributed by atoms with Crippen LogP contribution >= 0.6 is 11.3 Å². The number of benzene rings is 1. The van der Waals surface area contributed by atoms with Crippen LogP contribution in [0.5, 0.6) is 0 Å². The van der Waals surface area contributed by atoms with E-state index in [1.54, 1.807) is 18.3 Å². The Bertz CT molecular complexity index is 1060. The molecule has 3 aromatic rings. The Morgan fingerprint density at radius 2 is 1.81 bits per heavy atom. The summed E-state index contributed by atoms with van der Waals surface area (Å²) >= 11 is 1.79. The third kappa shape index (κ3) is 4.30. The van der Waals surface area contributed by atoms with Gasteiger partial charge in [0.05, 0.1) is 31.7 Å². The zero-order valence-corrected chi connectivity index (χ0v) is 19.5. The lowest BCUT2D eigenvalue weighted by molar-refractivity contribution is -0.926. The number of aryl methyl sites for hydroxylation is 1. The van der Waals surface area contributed by atoms with Crippen LogP contribution in [0.2, 0.25) is 0 Å². The number of quaternary nitrogens is 1. The SMILES string of the molecule is CC(=O)Nc1sc2c(c1C(c1ccccn1)[NH+]1CCN(c3ccccc3)CC1)CCCC2. The second-order valence-electron chi connectivity index (χ2n) is 8.80. The maximum atomic E-state index is 12.1. The minimum absolute atomic E-state index is 0.00788. The highest BCUT2D eigenvalue weighted by molar-refractivity contribution is 7.16. The second-order valence-corrected chi connectivity index (χ2v) is 9.91. The number of hydrogen-bond acceptors (Lipinski definition) is 4. The number of hydrogen-bond donors (Lipinski definition) is 2. The van der Waals surface area contributed by atoms with E-state index in [2.05, 4.69) is 52.7 Å². The fourth-order valence-corrected chi connectivity index (χ4v) is 6.61. The molecule has 0 saturated carbocycles. The van der Waals surface area contributed by atoms with Gasteiger partial charge in [0.2, 0.25) is 5.91 Å². The molecule has 3 heterocycles. The average Bonchev–Trinajstić information content (AvgIpc) is 3.18. The molecule has 1 saturated heterocycles. The molecule has 5 nitrogen and oxygen atoms in total. The van der Waals surface area contributed by atoms with Crippen LogP contribution in [-0.2, 0) is 17.6 Å². The summed E-state index contributed by atoms with van der Waals surface area (Å²) in [6, 6.07) is 17.1. The summed E-state index contributed by atoms with van der Waals surface area (Å²) in [5, 5.41) is 4.22. The van der Waals surface area contributed by atoms with Gasteiger partial charge in [-0.3, -0.25) is 9.78 Å². The van der Waals surface area contributed by atoms with Gasteiger partial charge in [-0.1, -0.05) is 24.3 Å². The Morgan fingerprint density at radius 3 is 2.53 bits per heavy atom. The molecule has 5 rings (SSSR count). The molecule has 6 heteroatoms. The van der Waals surface area contributed by atoms with Crippen molar-refractivity contribution >= 4 is 27.9 Å². The van der Waals surface area contributed by atoms with Crippen LogP contribution in [0.15, 0.2) is 54.7 Å². The van der Waals surface area contributed by atoms with Crippen molar-refractivity contribution in [2.45, 2.75) is 38.6 Å². The van der Waals surface area contributed by atoms with Crippen LogP contribution in [-0.4, -0.2) is 37.1 Å². The molecular formula is C26H31N4OS+. The van der Waals surface area contributed by atoms with E-state index in [0.29, 0.717) is 0 Å². The molecule has 2 N–H and O–H groups in total. The lowest BCUT2D eigenvalue weighted by Gasteiger charge is -2.38. The van der Waals surface area contributed by atoms with E-state index in [4.69, 9.17) is 4.98 Å². The molecule has 1 atom stereocenters. The van der Waals surface area contributed by atoms with Gasteiger partial charge in [0.15, 0.2) is 6.04 Å². The number of rotatable bonds is 5. The highest BCUT2D eigenvalue weighted by Gasteiger charge is 2.37. The molecule has 2 aliphatic rings. The van der Waals surface area contributed by atoms with Crippen molar-refractivity contribution < 1.29 is 9.69 Å². The van der Waals surface area contributed by atoms with Gasteiger partial charge < -0.3 is 15.1 Å². The summed E-state index contributed by atoms with van der Waals surface area (Å²) in [6.45, 7) is 5.74. The van der Waals surface area contributed by atoms with Crippen molar-refractivity contribution in [1.29, 1.82) is 0 Å². The molecule has 0 radical (unpaired) electrons. The van der Waals surface area contributed by atoms with Crippen LogP contribution in [0.3, 0.4) is 0 Å². The van der Waals surface area contributed by atoms with Gasteiger partial charge in [0.25, 0.3) is 0 Å². The Hall–Kier alpha value is -2.70. The summed E-state index contributed by atoms with van der Waals surface area (Å²) in [5.74, 6) is 0.00788. The van der Waals surface area contributed by atoms with Gasteiger partial charge in [-0.2, -0.15) is 0 Å². The first-order chi connectivity index (χ1) is 15.7. The first-order valence-corrected chi connectivity index (χ1v) is 12.5. The van der Waals surface area contributed by atoms with Crippen molar-refractivity contribution in [3.05, 3.63) is 76.4 Å². The number of para-hydroxylation sites is 1. The summed E-state index contributed by atoms with van der Waals surface area (Å²) in [7, 11) is 0. The molecule has 166 valence electrons. The normalized spacial score (nSPS) is 17.6. The van der Waals surface area contributed by atoms with Gasteiger partial charge in [-0.15, -0.1) is 11.3 Å². The van der Waals surface area contributed by atoms with Gasteiger partial charge in [0.1, 0.15) is 10.7 Å². The first kappa shape index (κ1) is 21.2. The largest absolute Gasteiger partial charge is 0.360 e. The predicted molar refractivity (Wildman–Crippen MR) is 131 cm³/mol. The van der Waals surface area contributed by atoms with E-state index in [1.165, 1.54) is 39.4 Å². The number of nitrogens with one attached hydrogen (secondary N) is 2. The highest BCUT2D eigenvalue weighted by Crippen LogP contribution is 2.42. The number of thiophene rings is 1. The van der Waals surface area contributed by atoms with Gasteiger partial charge in [-0.05, 0) is 55.5 Å². The molecule has 1 aliphatic carbocycles. The number of carbonyl (C=O) groups is 1. The van der Waals surface area contributed by atoms with Crippen molar-refractivity contribution in [3.8, 4) is 0 Å². The molecule has 0 bridgehead atoms. The van der Waals surface area contributed by atoms with E-state index >= 15 is 0 Å². The first-order valence-electron chi connectivity index (χ1n) is 11.7. The van der Waals surface area contributed by atoms with Crippen LogP contribution in [0.4, 0.5) is 10.7 Å². The maximum absolute atomic E-state index is 12.1. The molecule has 0 spiro atoms. The van der Waals surface area contributed by atoms with E-state index in [1.807, 2.05) is 12.3 Å². The lowest BCUT2D eigenvalue weighted by Crippen LogP contribution is -3.15. The van der Waals surface area contributed by atoms with Gasteiger partial charge >= 0.3 is 0 Å². The standard InChI is InChI=1S/C26H30N4OS/c1-19(31)28-26-24(21-11-5-6-13-23(21)32-26)25(22-12-7-8-14-27-22)30-17-15-29(16-18-30)20-9-3-2-4-10-20/h2-4,7-10,12,14,25H,5-6,11,13,15-18H2,1H3,(H,28,31)/p+1. The third-order valence-electron chi connectivity index (χ3n) is 6.71. The maximum Gasteiger partial charge on any atom is 0.221 e. The van der Waals surface area contributed by atoms with E-state index < -0.39 is 0 Å². The van der Waals surface area contributed by atoms with Crippen molar-refractivity contribution in [2.75, 3.05) is 36.4 Å². The number of pyridine rings is 1.